The first kappa shape index (κ1) is 37.1. The Morgan fingerprint density at radius 2 is 0.815 bits per heavy atom. The van der Waals surface area contributed by atoms with Gasteiger partial charge in [-0.05, 0) is 92.2 Å². The minimum Gasteiger partial charge on any atom is -0.309 e. The number of para-hydroxylation sites is 2. The number of fused-ring (bicyclic) bond motifs is 8. The van der Waals surface area contributed by atoms with Gasteiger partial charge in [0.05, 0.1) is 33.5 Å². The molecule has 0 aliphatic heterocycles. The predicted molar refractivity (Wildman–Crippen MR) is 273 cm³/mol. The molecule has 0 fully saturated rings. The maximum atomic E-state index is 2.48. The number of hydrogen-bond acceptors (Lipinski definition) is 1. The largest absolute Gasteiger partial charge is 0.309 e. The van der Waals surface area contributed by atoms with Gasteiger partial charge in [0.25, 0.3) is 0 Å². The molecule has 2 nitrogen and oxygen atoms in total. The van der Waals surface area contributed by atoms with Crippen LogP contribution in [0.25, 0.3) is 71.3 Å². The molecule has 0 saturated carbocycles. The summed E-state index contributed by atoms with van der Waals surface area (Å²) in [7, 11) is 0. The molecule has 1 aromatic heterocycles. The maximum Gasteiger partial charge on any atom is 0.0713 e. The van der Waals surface area contributed by atoms with E-state index in [1.807, 2.05) is 0 Å². The molecule has 11 aromatic carbocycles. The number of benzene rings is 11. The summed E-state index contributed by atoms with van der Waals surface area (Å²) in [6, 6.07) is 93.9. The number of rotatable bonds is 7. The van der Waals surface area contributed by atoms with Crippen LogP contribution in [0.2, 0.25) is 0 Å². The van der Waals surface area contributed by atoms with E-state index in [2.05, 4.69) is 264 Å². The first-order chi connectivity index (χ1) is 32.3. The van der Waals surface area contributed by atoms with E-state index in [4.69, 9.17) is 0 Å². The highest BCUT2D eigenvalue weighted by molar-refractivity contribution is 6.11. The van der Waals surface area contributed by atoms with Crippen LogP contribution in [0.1, 0.15) is 22.3 Å². The Morgan fingerprint density at radius 1 is 0.308 bits per heavy atom. The van der Waals surface area contributed by atoms with Crippen molar-refractivity contribution < 1.29 is 0 Å². The van der Waals surface area contributed by atoms with Gasteiger partial charge in [0.2, 0.25) is 0 Å². The molecule has 65 heavy (non-hydrogen) atoms. The molecule has 0 amide bonds. The van der Waals surface area contributed by atoms with Crippen LogP contribution >= 0.6 is 0 Å². The molecular weight excluding hydrogens is 785 g/mol. The van der Waals surface area contributed by atoms with E-state index >= 15 is 0 Å². The third-order valence-electron chi connectivity index (χ3n) is 13.8. The van der Waals surface area contributed by atoms with Crippen LogP contribution in [0.3, 0.4) is 0 Å². The van der Waals surface area contributed by atoms with Crippen LogP contribution in [0.5, 0.6) is 0 Å². The Kier molecular flexibility index (Phi) is 8.47. The molecule has 0 atom stereocenters. The van der Waals surface area contributed by atoms with Crippen molar-refractivity contribution >= 4 is 60.4 Å². The molecule has 12 aromatic rings. The summed E-state index contributed by atoms with van der Waals surface area (Å²) < 4.78 is 2.48. The lowest BCUT2D eigenvalue weighted by molar-refractivity contribution is 0.768. The van der Waals surface area contributed by atoms with Crippen molar-refractivity contribution in [1.29, 1.82) is 0 Å². The van der Waals surface area contributed by atoms with Crippen molar-refractivity contribution in [1.82, 2.24) is 4.57 Å². The summed E-state index contributed by atoms with van der Waals surface area (Å²) in [5, 5.41) is 7.29. The standard InChI is InChI=1S/C63H42N2/c1-3-23-46(24-4-1)63(47-25-5-2-6-26-47)56-32-14-11-30-52(56)55-42-48(38-40-57(55)63)64-61-34-16-13-31-53(61)54-39-37-45(41-62(54)64)51-29-12-15-33-58(51)65(59-35-17-21-43-19-7-9-27-49(43)59)60-36-18-22-44-20-8-10-28-50(44)60/h1-42H. The van der Waals surface area contributed by atoms with Crippen molar-refractivity contribution in [2.45, 2.75) is 5.41 Å². The summed E-state index contributed by atoms with van der Waals surface area (Å²) in [5.41, 5.74) is 16.4. The second kappa shape index (κ2) is 14.8. The SMILES string of the molecule is c1ccc(C2(c3ccccc3)c3ccccc3-c3cc(-n4c5ccccc5c5ccc(-c6ccccc6N(c6cccc7ccccc67)c6cccc7ccccc67)cc54)ccc32)cc1. The van der Waals surface area contributed by atoms with Crippen molar-refractivity contribution in [3.8, 4) is 27.9 Å². The number of anilines is 3. The van der Waals surface area contributed by atoms with Crippen molar-refractivity contribution in [2.24, 2.45) is 0 Å². The zero-order valence-corrected chi connectivity index (χ0v) is 35.6. The van der Waals surface area contributed by atoms with Gasteiger partial charge < -0.3 is 9.47 Å². The number of aromatic nitrogens is 1. The number of hydrogen-bond donors (Lipinski definition) is 0. The van der Waals surface area contributed by atoms with Gasteiger partial charge >= 0.3 is 0 Å². The quantitative estimate of drug-likeness (QED) is 0.155. The molecule has 304 valence electrons. The lowest BCUT2D eigenvalue weighted by atomic mass is 9.68. The fourth-order valence-electron chi connectivity index (χ4n) is 11.1. The Labute approximate surface area is 378 Å². The normalized spacial score (nSPS) is 12.7. The minimum absolute atomic E-state index is 0.454. The van der Waals surface area contributed by atoms with Crippen molar-refractivity contribution in [3.05, 3.63) is 277 Å². The first-order valence-corrected chi connectivity index (χ1v) is 22.5. The van der Waals surface area contributed by atoms with Gasteiger partial charge in [-0.25, -0.2) is 0 Å². The summed E-state index contributed by atoms with van der Waals surface area (Å²) >= 11 is 0. The molecule has 0 saturated heterocycles. The lowest BCUT2D eigenvalue weighted by Gasteiger charge is -2.33. The summed E-state index contributed by atoms with van der Waals surface area (Å²) in [6.07, 6.45) is 0. The summed E-state index contributed by atoms with van der Waals surface area (Å²) in [6.45, 7) is 0. The van der Waals surface area contributed by atoms with Crippen LogP contribution in [0, 0.1) is 0 Å². The van der Waals surface area contributed by atoms with Crippen LogP contribution in [-0.4, -0.2) is 4.57 Å². The highest BCUT2D eigenvalue weighted by Gasteiger charge is 2.46. The minimum atomic E-state index is -0.454. The Balaban J connectivity index is 1.04. The topological polar surface area (TPSA) is 8.17 Å². The van der Waals surface area contributed by atoms with Crippen LogP contribution in [-0.2, 0) is 5.41 Å². The van der Waals surface area contributed by atoms with Crippen LogP contribution < -0.4 is 4.90 Å². The Hall–Kier alpha value is -8.46. The van der Waals surface area contributed by atoms with Crippen molar-refractivity contribution in [3.63, 3.8) is 0 Å². The van der Waals surface area contributed by atoms with E-state index in [1.165, 1.54) is 76.7 Å². The van der Waals surface area contributed by atoms with Gasteiger partial charge in [0, 0.05) is 32.8 Å². The molecule has 0 bridgehead atoms. The molecule has 0 N–H and O–H groups in total. The van der Waals surface area contributed by atoms with E-state index in [0.717, 1.165) is 33.9 Å². The fourth-order valence-corrected chi connectivity index (χ4v) is 11.1. The van der Waals surface area contributed by atoms with Crippen LogP contribution in [0.15, 0.2) is 255 Å². The first-order valence-electron chi connectivity index (χ1n) is 22.5. The van der Waals surface area contributed by atoms with Gasteiger partial charge in [0.1, 0.15) is 0 Å². The third-order valence-corrected chi connectivity index (χ3v) is 13.8. The predicted octanol–water partition coefficient (Wildman–Crippen LogP) is 16.6. The van der Waals surface area contributed by atoms with Gasteiger partial charge in [0.15, 0.2) is 0 Å². The molecule has 1 aliphatic rings. The smallest absolute Gasteiger partial charge is 0.0713 e. The van der Waals surface area contributed by atoms with E-state index in [0.29, 0.717) is 0 Å². The highest BCUT2D eigenvalue weighted by atomic mass is 15.1. The average Bonchev–Trinajstić information content (AvgIpc) is 3.87. The molecule has 1 heterocycles. The van der Waals surface area contributed by atoms with Gasteiger partial charge in [-0.1, -0.05) is 212 Å². The molecule has 0 radical (unpaired) electrons. The van der Waals surface area contributed by atoms with E-state index in [-0.39, 0.29) is 0 Å². The number of nitrogens with zero attached hydrogens (tertiary/aromatic N) is 2. The zero-order valence-electron chi connectivity index (χ0n) is 35.6. The fraction of sp³-hybridized carbons (Fsp3) is 0.0159. The highest BCUT2D eigenvalue weighted by Crippen LogP contribution is 2.57. The van der Waals surface area contributed by atoms with E-state index < -0.39 is 5.41 Å². The Bertz CT molecular complexity index is 3660. The van der Waals surface area contributed by atoms with Crippen LogP contribution in [0.4, 0.5) is 17.1 Å². The van der Waals surface area contributed by atoms with Gasteiger partial charge in [-0.3, -0.25) is 0 Å². The monoisotopic (exact) mass is 826 g/mol. The molecule has 0 spiro atoms. The summed E-state index contributed by atoms with van der Waals surface area (Å²) in [5.74, 6) is 0. The second-order valence-electron chi connectivity index (χ2n) is 17.2. The Morgan fingerprint density at radius 3 is 1.51 bits per heavy atom. The molecule has 0 unspecified atom stereocenters. The zero-order chi connectivity index (χ0) is 42.9. The molecule has 13 rings (SSSR count). The lowest BCUT2D eigenvalue weighted by Crippen LogP contribution is -2.28. The van der Waals surface area contributed by atoms with E-state index in [9.17, 15) is 0 Å². The molecule has 1 aliphatic carbocycles. The second-order valence-corrected chi connectivity index (χ2v) is 17.2. The third kappa shape index (κ3) is 5.60. The molecule has 2 heteroatoms. The average molecular weight is 827 g/mol. The van der Waals surface area contributed by atoms with E-state index in [1.54, 1.807) is 0 Å². The summed E-state index contributed by atoms with van der Waals surface area (Å²) in [4.78, 5) is 2.48. The maximum absolute atomic E-state index is 2.48. The van der Waals surface area contributed by atoms with Gasteiger partial charge in [-0.2, -0.15) is 0 Å². The van der Waals surface area contributed by atoms with Gasteiger partial charge in [-0.15, -0.1) is 0 Å². The molecular formula is C63H42N2. The van der Waals surface area contributed by atoms with Crippen molar-refractivity contribution in [2.75, 3.05) is 4.90 Å².